The third-order valence-electron chi connectivity index (χ3n) is 2.78. The monoisotopic (exact) mass is 355 g/mol. The summed E-state index contributed by atoms with van der Waals surface area (Å²) in [5, 5.41) is 13.8. The van der Waals surface area contributed by atoms with Crippen LogP contribution in [0.4, 0.5) is 5.69 Å². The number of nitrogens with one attached hydrogen (secondary N) is 1. The average Bonchev–Trinajstić information content (AvgIpc) is 2.43. The number of halogens is 2. The van der Waals surface area contributed by atoms with Crippen molar-refractivity contribution < 1.29 is 9.84 Å². The molecule has 20 heavy (non-hydrogen) atoms. The Morgan fingerprint density at radius 1 is 1.30 bits per heavy atom. The molecule has 0 atom stereocenters. The number of ether oxygens (including phenoxy) is 1. The summed E-state index contributed by atoms with van der Waals surface area (Å²) in [4.78, 5) is 0. The number of hydrogen-bond donors (Lipinski definition) is 2. The van der Waals surface area contributed by atoms with Crippen LogP contribution in [0.25, 0.3) is 0 Å². The van der Waals surface area contributed by atoms with Crippen LogP contribution in [0, 0.1) is 0 Å². The lowest BCUT2D eigenvalue weighted by Crippen LogP contribution is -2.03. The Morgan fingerprint density at radius 2 is 2.10 bits per heavy atom. The topological polar surface area (TPSA) is 41.5 Å². The van der Waals surface area contributed by atoms with Crippen molar-refractivity contribution in [1.82, 2.24) is 0 Å². The highest BCUT2D eigenvalue weighted by Crippen LogP contribution is 2.31. The quantitative estimate of drug-likeness (QED) is 0.807. The Bertz CT molecular complexity index is 604. The molecule has 0 aromatic heterocycles. The minimum absolute atomic E-state index is 0.236. The van der Waals surface area contributed by atoms with Crippen molar-refractivity contribution >= 4 is 33.2 Å². The third-order valence-corrected chi connectivity index (χ3v) is 3.66. The number of hydrogen-bond acceptors (Lipinski definition) is 3. The highest BCUT2D eigenvalue weighted by Gasteiger charge is 2.07. The van der Waals surface area contributed by atoms with E-state index in [0.29, 0.717) is 22.6 Å². The molecule has 0 aliphatic heterocycles. The van der Waals surface area contributed by atoms with Crippen molar-refractivity contribution in [2.24, 2.45) is 0 Å². The maximum atomic E-state index is 9.96. The molecule has 0 spiro atoms. The fraction of sp³-hybridized carbons (Fsp3) is 0.200. The van der Waals surface area contributed by atoms with E-state index >= 15 is 0 Å². The van der Waals surface area contributed by atoms with Crippen molar-refractivity contribution in [2.45, 2.75) is 13.5 Å². The number of aromatic hydroxyl groups is 1. The molecule has 0 bridgehead atoms. The van der Waals surface area contributed by atoms with E-state index in [0.717, 1.165) is 17.0 Å². The van der Waals surface area contributed by atoms with Crippen LogP contribution in [-0.4, -0.2) is 11.7 Å². The number of anilines is 1. The lowest BCUT2D eigenvalue weighted by Gasteiger charge is -2.13. The summed E-state index contributed by atoms with van der Waals surface area (Å²) >= 11 is 9.30. The zero-order valence-corrected chi connectivity index (χ0v) is 13.3. The Kier molecular flexibility index (Phi) is 5.15. The zero-order valence-electron chi connectivity index (χ0n) is 11.0. The smallest absolute Gasteiger partial charge is 0.142 e. The van der Waals surface area contributed by atoms with Crippen LogP contribution >= 0.6 is 27.5 Å². The molecule has 0 unspecified atom stereocenters. The molecule has 3 nitrogen and oxygen atoms in total. The van der Waals surface area contributed by atoms with Crippen LogP contribution in [0.15, 0.2) is 40.9 Å². The van der Waals surface area contributed by atoms with Gasteiger partial charge in [0.1, 0.15) is 11.5 Å². The van der Waals surface area contributed by atoms with E-state index in [1.807, 2.05) is 31.2 Å². The van der Waals surface area contributed by atoms with Crippen LogP contribution in [-0.2, 0) is 6.54 Å². The van der Waals surface area contributed by atoms with Crippen molar-refractivity contribution in [3.63, 3.8) is 0 Å². The molecule has 2 rings (SSSR count). The minimum Gasteiger partial charge on any atom is -0.506 e. The zero-order chi connectivity index (χ0) is 14.5. The van der Waals surface area contributed by atoms with Crippen molar-refractivity contribution in [2.75, 3.05) is 11.9 Å². The fourth-order valence-corrected chi connectivity index (χ4v) is 2.39. The predicted molar refractivity (Wildman–Crippen MR) is 85.8 cm³/mol. The fourth-order valence-electron chi connectivity index (χ4n) is 1.81. The standard InChI is InChI=1S/C15H15BrClNO2/c1-2-20-14-7-6-11(17)8-13(14)18-9-10-4-3-5-12(16)15(10)19/h3-8,18-19H,2,9H2,1H3. The van der Waals surface area contributed by atoms with Crippen LogP contribution in [0.1, 0.15) is 12.5 Å². The molecule has 0 aliphatic carbocycles. The Morgan fingerprint density at radius 3 is 2.85 bits per heavy atom. The molecule has 106 valence electrons. The highest BCUT2D eigenvalue weighted by molar-refractivity contribution is 9.10. The molecule has 2 aromatic rings. The number of rotatable bonds is 5. The summed E-state index contributed by atoms with van der Waals surface area (Å²) in [6, 6.07) is 11.0. The van der Waals surface area contributed by atoms with Gasteiger partial charge in [0.2, 0.25) is 0 Å². The van der Waals surface area contributed by atoms with E-state index < -0.39 is 0 Å². The van der Waals surface area contributed by atoms with Gasteiger partial charge in [-0.25, -0.2) is 0 Å². The van der Waals surface area contributed by atoms with Crippen molar-refractivity contribution in [1.29, 1.82) is 0 Å². The van der Waals surface area contributed by atoms with Crippen molar-refractivity contribution in [3.05, 3.63) is 51.5 Å². The van der Waals surface area contributed by atoms with E-state index in [-0.39, 0.29) is 5.75 Å². The number of phenolic OH excluding ortho intramolecular Hbond substituents is 1. The molecule has 0 saturated heterocycles. The summed E-state index contributed by atoms with van der Waals surface area (Å²) in [7, 11) is 0. The molecule has 2 aromatic carbocycles. The van der Waals surface area contributed by atoms with Gasteiger partial charge in [-0.1, -0.05) is 23.7 Å². The first-order valence-corrected chi connectivity index (χ1v) is 7.41. The van der Waals surface area contributed by atoms with E-state index in [1.165, 1.54) is 0 Å². The van der Waals surface area contributed by atoms with Gasteiger partial charge in [-0.3, -0.25) is 0 Å². The minimum atomic E-state index is 0.236. The first-order valence-electron chi connectivity index (χ1n) is 6.24. The van der Waals surface area contributed by atoms with Gasteiger partial charge in [0.15, 0.2) is 0 Å². The van der Waals surface area contributed by atoms with Gasteiger partial charge >= 0.3 is 0 Å². The summed E-state index contributed by atoms with van der Waals surface area (Å²) < 4.78 is 6.22. The molecule has 5 heteroatoms. The first-order chi connectivity index (χ1) is 9.61. The Labute approximate surface area is 131 Å². The van der Waals surface area contributed by atoms with E-state index in [1.54, 1.807) is 12.1 Å². The number of para-hydroxylation sites is 1. The second-order valence-electron chi connectivity index (χ2n) is 4.17. The van der Waals surface area contributed by atoms with Gasteiger partial charge in [-0.2, -0.15) is 0 Å². The highest BCUT2D eigenvalue weighted by atomic mass is 79.9. The molecule has 0 saturated carbocycles. The maximum absolute atomic E-state index is 9.96. The second kappa shape index (κ2) is 6.86. The van der Waals surface area contributed by atoms with Gasteiger partial charge in [0.25, 0.3) is 0 Å². The summed E-state index contributed by atoms with van der Waals surface area (Å²) in [6.07, 6.45) is 0. The summed E-state index contributed by atoms with van der Waals surface area (Å²) in [5.74, 6) is 0.978. The molecule has 0 radical (unpaired) electrons. The third kappa shape index (κ3) is 3.58. The van der Waals surface area contributed by atoms with E-state index in [2.05, 4.69) is 21.2 Å². The van der Waals surface area contributed by atoms with Gasteiger partial charge in [0, 0.05) is 17.1 Å². The second-order valence-corrected chi connectivity index (χ2v) is 5.47. The van der Waals surface area contributed by atoms with E-state index in [4.69, 9.17) is 16.3 Å². The largest absolute Gasteiger partial charge is 0.506 e. The Balaban J connectivity index is 2.18. The van der Waals surface area contributed by atoms with Crippen molar-refractivity contribution in [3.8, 4) is 11.5 Å². The average molecular weight is 357 g/mol. The molecular weight excluding hydrogens is 342 g/mol. The molecular formula is C15H15BrClNO2. The molecule has 0 aliphatic rings. The Hall–Kier alpha value is -1.39. The lowest BCUT2D eigenvalue weighted by molar-refractivity contribution is 0.341. The SMILES string of the molecule is CCOc1ccc(Cl)cc1NCc1cccc(Br)c1O. The van der Waals surface area contributed by atoms with Crippen LogP contribution in [0.5, 0.6) is 11.5 Å². The first kappa shape index (κ1) is 15.0. The van der Waals surface area contributed by atoms with E-state index in [9.17, 15) is 5.11 Å². The van der Waals surface area contributed by atoms with Gasteiger partial charge < -0.3 is 15.2 Å². The molecule has 0 heterocycles. The molecule has 0 fully saturated rings. The number of benzene rings is 2. The van der Waals surface area contributed by atoms with Crippen LogP contribution in [0.3, 0.4) is 0 Å². The van der Waals surface area contributed by atoms with Gasteiger partial charge in [0.05, 0.1) is 16.8 Å². The van der Waals surface area contributed by atoms with Gasteiger partial charge in [-0.15, -0.1) is 0 Å². The lowest BCUT2D eigenvalue weighted by atomic mass is 10.2. The van der Waals surface area contributed by atoms with Gasteiger partial charge in [-0.05, 0) is 47.1 Å². The van der Waals surface area contributed by atoms with Crippen LogP contribution in [0.2, 0.25) is 5.02 Å². The molecule has 0 amide bonds. The number of phenols is 1. The normalized spacial score (nSPS) is 10.3. The summed E-state index contributed by atoms with van der Waals surface area (Å²) in [5.41, 5.74) is 1.60. The molecule has 2 N–H and O–H groups in total. The predicted octanol–water partition coefficient (Wildman–Crippen LogP) is 4.82. The van der Waals surface area contributed by atoms with Crippen LogP contribution < -0.4 is 10.1 Å². The summed E-state index contributed by atoms with van der Waals surface area (Å²) in [6.45, 7) is 2.99. The maximum Gasteiger partial charge on any atom is 0.142 e.